The number of likely N-dealkylation sites (tertiary alicyclic amines) is 1. The first-order valence-electron chi connectivity index (χ1n) is 7.64. The molecule has 0 aromatic heterocycles. The summed E-state index contributed by atoms with van der Waals surface area (Å²) < 4.78 is 12.0. The molecule has 0 amide bonds. The van der Waals surface area contributed by atoms with Crippen molar-refractivity contribution >= 4 is 18.4 Å². The van der Waals surface area contributed by atoms with Gasteiger partial charge in [-0.05, 0) is 25.3 Å². The van der Waals surface area contributed by atoms with E-state index in [1.165, 1.54) is 18.4 Å². The van der Waals surface area contributed by atoms with E-state index in [2.05, 4.69) is 6.07 Å². The molecule has 1 aromatic rings. The monoisotopic (exact) mass is 323 g/mol. The van der Waals surface area contributed by atoms with Gasteiger partial charge in [0.05, 0.1) is 13.2 Å². The van der Waals surface area contributed by atoms with Crippen LogP contribution in [0.15, 0.2) is 18.2 Å². The van der Waals surface area contributed by atoms with E-state index < -0.39 is 0 Å². The Balaban J connectivity index is 0.00000144. The Morgan fingerprint density at radius 2 is 2.27 bits per heavy atom. The largest absolute Gasteiger partial charge is 0.493 e. The van der Waals surface area contributed by atoms with Crippen LogP contribution in [0.5, 0.6) is 11.5 Å². The number of methoxy groups -OCH3 is 1. The van der Waals surface area contributed by atoms with Crippen LogP contribution in [0.25, 0.3) is 0 Å². The van der Waals surface area contributed by atoms with Gasteiger partial charge in [0.1, 0.15) is 5.60 Å². The summed E-state index contributed by atoms with van der Waals surface area (Å²) in [5.41, 5.74) is 6.80. The average molecular weight is 324 g/mol. The molecule has 6 heteroatoms. The number of nitrogens with one attached hydrogen (secondary N) is 1. The highest BCUT2D eigenvalue weighted by atomic mass is 35.5. The molecular formula is C16H22ClN3O2. The molecule has 1 saturated heterocycles. The van der Waals surface area contributed by atoms with E-state index in [0.29, 0.717) is 0 Å². The zero-order chi connectivity index (χ0) is 14.6. The summed E-state index contributed by atoms with van der Waals surface area (Å²) in [4.78, 5) is 2.03. The zero-order valence-electron chi connectivity index (χ0n) is 12.7. The van der Waals surface area contributed by atoms with Gasteiger partial charge in [-0.3, -0.25) is 5.41 Å². The standard InChI is InChI=1S/C16H21N3O2.ClH/c1-20-12-6-4-5-10-11-9-19(15(17)18)13-7-2-3-8-16(11,13)21-14(10)12;/h4-6,11,13H,2-3,7-9H2,1H3,(H3,17,18);1H. The Morgan fingerprint density at radius 3 is 3.00 bits per heavy atom. The van der Waals surface area contributed by atoms with Crippen molar-refractivity contribution in [2.24, 2.45) is 5.73 Å². The molecular weight excluding hydrogens is 302 g/mol. The van der Waals surface area contributed by atoms with Crippen LogP contribution >= 0.6 is 12.4 Å². The minimum absolute atomic E-state index is 0. The molecule has 4 rings (SSSR count). The number of nitrogens with zero attached hydrogens (tertiary/aromatic N) is 1. The second-order valence-corrected chi connectivity index (χ2v) is 6.29. The van der Waals surface area contributed by atoms with Gasteiger partial charge in [-0.2, -0.15) is 0 Å². The number of fused-ring (bicyclic) bond motifs is 2. The van der Waals surface area contributed by atoms with Crippen molar-refractivity contribution in [1.82, 2.24) is 4.90 Å². The summed E-state index contributed by atoms with van der Waals surface area (Å²) in [5.74, 6) is 2.18. The van der Waals surface area contributed by atoms with E-state index in [0.717, 1.165) is 30.9 Å². The Hall–Kier alpha value is -1.62. The van der Waals surface area contributed by atoms with Crippen molar-refractivity contribution in [3.8, 4) is 11.5 Å². The average Bonchev–Trinajstić information content (AvgIpc) is 2.96. The van der Waals surface area contributed by atoms with E-state index in [1.54, 1.807) is 7.11 Å². The zero-order valence-corrected chi connectivity index (χ0v) is 13.5. The number of rotatable bonds is 1. The van der Waals surface area contributed by atoms with E-state index in [1.807, 2.05) is 17.0 Å². The highest BCUT2D eigenvalue weighted by molar-refractivity contribution is 5.85. The van der Waals surface area contributed by atoms with Gasteiger partial charge in [-0.25, -0.2) is 0 Å². The fourth-order valence-corrected chi connectivity index (χ4v) is 4.54. The lowest BCUT2D eigenvalue weighted by molar-refractivity contribution is 0.0150. The van der Waals surface area contributed by atoms with Crippen LogP contribution in [0.3, 0.4) is 0 Å². The molecule has 2 aliphatic heterocycles. The number of benzene rings is 1. The highest BCUT2D eigenvalue weighted by Gasteiger charge is 2.62. The third kappa shape index (κ3) is 1.81. The molecule has 3 unspecified atom stereocenters. The molecule has 22 heavy (non-hydrogen) atoms. The van der Waals surface area contributed by atoms with E-state index >= 15 is 0 Å². The Labute approximate surface area is 136 Å². The highest BCUT2D eigenvalue weighted by Crippen LogP contribution is 2.58. The summed E-state index contributed by atoms with van der Waals surface area (Å²) in [5, 5.41) is 7.88. The normalized spacial score (nSPS) is 31.4. The Morgan fingerprint density at radius 1 is 1.45 bits per heavy atom. The quantitative estimate of drug-likeness (QED) is 0.615. The van der Waals surface area contributed by atoms with Gasteiger partial charge >= 0.3 is 0 Å². The van der Waals surface area contributed by atoms with Gasteiger partial charge in [-0.15, -0.1) is 12.4 Å². The number of guanidine groups is 1. The van der Waals surface area contributed by atoms with Crippen LogP contribution in [0.1, 0.15) is 37.2 Å². The lowest BCUT2D eigenvalue weighted by Crippen LogP contribution is -2.53. The minimum Gasteiger partial charge on any atom is -0.493 e. The van der Waals surface area contributed by atoms with Gasteiger partial charge in [-0.1, -0.05) is 18.6 Å². The number of nitrogens with two attached hydrogens (primary N) is 1. The number of ether oxygens (including phenoxy) is 2. The fourth-order valence-electron chi connectivity index (χ4n) is 4.54. The summed E-state index contributed by atoms with van der Waals surface area (Å²) >= 11 is 0. The number of hydrogen-bond donors (Lipinski definition) is 2. The van der Waals surface area contributed by atoms with Gasteiger partial charge in [0.15, 0.2) is 17.5 Å². The molecule has 120 valence electrons. The number of hydrogen-bond acceptors (Lipinski definition) is 3. The van der Waals surface area contributed by atoms with E-state index in [9.17, 15) is 0 Å². The van der Waals surface area contributed by atoms with Crippen molar-refractivity contribution in [2.45, 2.75) is 43.2 Å². The Bertz CT molecular complexity index is 609. The molecule has 0 radical (unpaired) electrons. The molecule has 2 fully saturated rings. The molecule has 3 atom stereocenters. The smallest absolute Gasteiger partial charge is 0.188 e. The van der Waals surface area contributed by atoms with Gasteiger partial charge in [0, 0.05) is 18.0 Å². The summed E-state index contributed by atoms with van der Waals surface area (Å²) in [7, 11) is 1.69. The SMILES string of the molecule is COc1cccc2c1OC13CCCCC1N(C(=N)N)CC23.Cl. The van der Waals surface area contributed by atoms with E-state index in [-0.39, 0.29) is 35.9 Å². The predicted molar refractivity (Wildman–Crippen MR) is 87.2 cm³/mol. The predicted octanol–water partition coefficient (Wildman–Crippen LogP) is 2.48. The molecule has 1 aliphatic carbocycles. The number of para-hydroxylation sites is 1. The van der Waals surface area contributed by atoms with Crippen molar-refractivity contribution < 1.29 is 9.47 Å². The van der Waals surface area contributed by atoms with Gasteiger partial charge in [0.25, 0.3) is 0 Å². The molecule has 1 saturated carbocycles. The van der Waals surface area contributed by atoms with Crippen molar-refractivity contribution in [3.63, 3.8) is 0 Å². The van der Waals surface area contributed by atoms with Crippen LogP contribution in [0.4, 0.5) is 0 Å². The molecule has 3 aliphatic rings. The van der Waals surface area contributed by atoms with Crippen molar-refractivity contribution in [2.75, 3.05) is 13.7 Å². The maximum absolute atomic E-state index is 7.88. The third-order valence-electron chi connectivity index (χ3n) is 5.41. The van der Waals surface area contributed by atoms with Crippen LogP contribution in [0, 0.1) is 5.41 Å². The van der Waals surface area contributed by atoms with Crippen LogP contribution in [-0.4, -0.2) is 36.2 Å². The second-order valence-electron chi connectivity index (χ2n) is 6.29. The summed E-state index contributed by atoms with van der Waals surface area (Å²) in [6, 6.07) is 6.32. The third-order valence-corrected chi connectivity index (χ3v) is 5.41. The maximum Gasteiger partial charge on any atom is 0.188 e. The van der Waals surface area contributed by atoms with Crippen LogP contribution in [-0.2, 0) is 0 Å². The molecule has 1 spiro atoms. The van der Waals surface area contributed by atoms with Crippen molar-refractivity contribution in [3.05, 3.63) is 23.8 Å². The van der Waals surface area contributed by atoms with Crippen LogP contribution in [0.2, 0.25) is 0 Å². The topological polar surface area (TPSA) is 71.6 Å². The molecule has 5 nitrogen and oxygen atoms in total. The van der Waals surface area contributed by atoms with Crippen molar-refractivity contribution in [1.29, 1.82) is 5.41 Å². The second kappa shape index (κ2) is 5.23. The maximum atomic E-state index is 7.88. The van der Waals surface area contributed by atoms with E-state index in [4.69, 9.17) is 20.6 Å². The molecule has 3 N–H and O–H groups in total. The van der Waals surface area contributed by atoms with Gasteiger partial charge < -0.3 is 20.1 Å². The molecule has 1 aromatic carbocycles. The fraction of sp³-hybridized carbons (Fsp3) is 0.562. The van der Waals surface area contributed by atoms with Crippen LogP contribution < -0.4 is 15.2 Å². The first-order valence-corrected chi connectivity index (χ1v) is 7.64. The summed E-state index contributed by atoms with van der Waals surface area (Å²) in [6.07, 6.45) is 4.44. The molecule has 0 bridgehead atoms. The first-order chi connectivity index (χ1) is 10.2. The number of halogens is 1. The lowest BCUT2D eigenvalue weighted by atomic mass is 9.74. The summed E-state index contributed by atoms with van der Waals surface area (Å²) in [6.45, 7) is 0.778. The minimum atomic E-state index is -0.221. The first kappa shape index (κ1) is 15.3. The lowest BCUT2D eigenvalue weighted by Gasteiger charge is -2.40. The Kier molecular flexibility index (Phi) is 3.63. The molecule has 2 heterocycles. The van der Waals surface area contributed by atoms with Gasteiger partial charge in [0.2, 0.25) is 0 Å².